The van der Waals surface area contributed by atoms with Gasteiger partial charge in [-0.1, -0.05) is 5.16 Å². The summed E-state index contributed by atoms with van der Waals surface area (Å²) in [6.07, 6.45) is 0. The standard InChI is InChI=1S/C14H15NO4/c1-9-6-11(15-19-9)8-18-14-7-12(17-3)4-5-13(14)10(2)16/h4-7H,8H2,1-3H3. The Morgan fingerprint density at radius 1 is 1.37 bits per heavy atom. The Morgan fingerprint density at radius 3 is 2.74 bits per heavy atom. The number of carbonyl (C=O) groups is 1. The molecule has 0 aliphatic carbocycles. The second kappa shape index (κ2) is 5.56. The molecule has 1 aromatic heterocycles. The van der Waals surface area contributed by atoms with Crippen LogP contribution < -0.4 is 9.47 Å². The second-order valence-corrected chi connectivity index (χ2v) is 4.14. The number of aromatic nitrogens is 1. The Hall–Kier alpha value is -2.30. The number of rotatable bonds is 5. The molecule has 0 spiro atoms. The summed E-state index contributed by atoms with van der Waals surface area (Å²) in [4.78, 5) is 11.5. The second-order valence-electron chi connectivity index (χ2n) is 4.14. The van der Waals surface area contributed by atoms with Crippen molar-refractivity contribution >= 4 is 5.78 Å². The highest BCUT2D eigenvalue weighted by molar-refractivity contribution is 5.97. The van der Waals surface area contributed by atoms with E-state index in [-0.39, 0.29) is 12.4 Å². The highest BCUT2D eigenvalue weighted by Gasteiger charge is 2.11. The summed E-state index contributed by atoms with van der Waals surface area (Å²) in [5.74, 6) is 1.77. The highest BCUT2D eigenvalue weighted by Crippen LogP contribution is 2.26. The first-order chi connectivity index (χ1) is 9.10. The van der Waals surface area contributed by atoms with E-state index in [1.54, 1.807) is 31.4 Å². The lowest BCUT2D eigenvalue weighted by Gasteiger charge is -2.10. The van der Waals surface area contributed by atoms with Gasteiger partial charge >= 0.3 is 0 Å². The molecule has 5 heteroatoms. The lowest BCUT2D eigenvalue weighted by molar-refractivity contribution is 0.101. The van der Waals surface area contributed by atoms with Crippen molar-refractivity contribution in [3.8, 4) is 11.5 Å². The Balaban J connectivity index is 2.19. The predicted molar refractivity (Wildman–Crippen MR) is 68.6 cm³/mol. The third-order valence-corrected chi connectivity index (χ3v) is 2.62. The average molecular weight is 261 g/mol. The van der Waals surface area contributed by atoms with E-state index in [9.17, 15) is 4.79 Å². The first-order valence-electron chi connectivity index (χ1n) is 5.84. The van der Waals surface area contributed by atoms with Gasteiger partial charge in [0.05, 0.1) is 12.7 Å². The van der Waals surface area contributed by atoms with Gasteiger partial charge < -0.3 is 14.0 Å². The van der Waals surface area contributed by atoms with Crippen LogP contribution in [0.4, 0.5) is 0 Å². The van der Waals surface area contributed by atoms with Crippen molar-refractivity contribution in [3.05, 3.63) is 41.3 Å². The minimum absolute atomic E-state index is 0.0611. The van der Waals surface area contributed by atoms with E-state index in [1.807, 2.05) is 6.92 Å². The maximum atomic E-state index is 11.5. The fourth-order valence-corrected chi connectivity index (χ4v) is 1.68. The van der Waals surface area contributed by atoms with Crippen molar-refractivity contribution in [2.45, 2.75) is 20.5 Å². The maximum absolute atomic E-state index is 11.5. The summed E-state index contributed by atoms with van der Waals surface area (Å²) in [6.45, 7) is 3.54. The van der Waals surface area contributed by atoms with Crippen molar-refractivity contribution < 1.29 is 18.8 Å². The number of methoxy groups -OCH3 is 1. The Labute approximate surface area is 111 Å². The number of hydrogen-bond acceptors (Lipinski definition) is 5. The molecule has 0 N–H and O–H groups in total. The summed E-state index contributed by atoms with van der Waals surface area (Å²) in [5, 5.41) is 3.83. The molecule has 0 atom stereocenters. The number of ether oxygens (including phenoxy) is 2. The van der Waals surface area contributed by atoms with Gasteiger partial charge in [-0.25, -0.2) is 0 Å². The molecule has 0 aliphatic heterocycles. The lowest BCUT2D eigenvalue weighted by atomic mass is 10.1. The van der Waals surface area contributed by atoms with Gasteiger partial charge in [0.2, 0.25) is 0 Å². The fourth-order valence-electron chi connectivity index (χ4n) is 1.68. The smallest absolute Gasteiger partial charge is 0.163 e. The van der Waals surface area contributed by atoms with Crippen LogP contribution in [-0.4, -0.2) is 18.0 Å². The van der Waals surface area contributed by atoms with Crippen LogP contribution in [0.2, 0.25) is 0 Å². The molecule has 0 fully saturated rings. The average Bonchev–Trinajstić information content (AvgIpc) is 2.81. The SMILES string of the molecule is COc1ccc(C(C)=O)c(OCc2cc(C)on2)c1. The molecule has 0 saturated heterocycles. The zero-order chi connectivity index (χ0) is 13.8. The van der Waals surface area contributed by atoms with Crippen LogP contribution >= 0.6 is 0 Å². The summed E-state index contributed by atoms with van der Waals surface area (Å²) in [6, 6.07) is 6.88. The molecule has 0 amide bonds. The molecule has 5 nitrogen and oxygen atoms in total. The van der Waals surface area contributed by atoms with Crippen LogP contribution in [0.15, 0.2) is 28.8 Å². The van der Waals surface area contributed by atoms with Crippen LogP contribution in [0.5, 0.6) is 11.5 Å². The summed E-state index contributed by atoms with van der Waals surface area (Å²) < 4.78 is 15.7. The number of hydrogen-bond donors (Lipinski definition) is 0. The Kier molecular flexibility index (Phi) is 3.85. The molecule has 1 heterocycles. The van der Waals surface area contributed by atoms with Crippen LogP contribution in [-0.2, 0) is 6.61 Å². The topological polar surface area (TPSA) is 61.6 Å². The van der Waals surface area contributed by atoms with Gasteiger partial charge in [0.1, 0.15) is 29.6 Å². The Morgan fingerprint density at radius 2 is 2.16 bits per heavy atom. The summed E-state index contributed by atoms with van der Waals surface area (Å²) >= 11 is 0. The van der Waals surface area contributed by atoms with Crippen LogP contribution in [0.1, 0.15) is 28.7 Å². The van der Waals surface area contributed by atoms with E-state index < -0.39 is 0 Å². The van der Waals surface area contributed by atoms with Crippen molar-refractivity contribution in [1.82, 2.24) is 5.16 Å². The zero-order valence-electron chi connectivity index (χ0n) is 11.1. The molecular weight excluding hydrogens is 246 g/mol. The van der Waals surface area contributed by atoms with Gasteiger partial charge in [0.25, 0.3) is 0 Å². The fraction of sp³-hybridized carbons (Fsp3) is 0.286. The molecule has 2 rings (SSSR count). The lowest BCUT2D eigenvalue weighted by Crippen LogP contribution is -2.02. The quantitative estimate of drug-likeness (QED) is 0.774. The summed E-state index contributed by atoms with van der Waals surface area (Å²) in [7, 11) is 1.56. The van der Waals surface area contributed by atoms with Crippen LogP contribution in [0.25, 0.3) is 0 Å². The number of benzene rings is 1. The molecule has 0 bridgehead atoms. The molecule has 1 aromatic carbocycles. The number of ketones is 1. The first kappa shape index (κ1) is 13.1. The van der Waals surface area contributed by atoms with Gasteiger partial charge in [-0.3, -0.25) is 4.79 Å². The molecule has 2 aromatic rings. The van der Waals surface area contributed by atoms with E-state index in [0.29, 0.717) is 22.8 Å². The minimum Gasteiger partial charge on any atom is -0.497 e. The van der Waals surface area contributed by atoms with Gasteiger partial charge in [-0.05, 0) is 26.0 Å². The monoisotopic (exact) mass is 261 g/mol. The minimum atomic E-state index is -0.0611. The largest absolute Gasteiger partial charge is 0.497 e. The van der Waals surface area contributed by atoms with E-state index in [1.165, 1.54) is 6.92 Å². The summed E-state index contributed by atoms with van der Waals surface area (Å²) in [5.41, 5.74) is 1.19. The zero-order valence-corrected chi connectivity index (χ0v) is 11.1. The van der Waals surface area contributed by atoms with E-state index in [4.69, 9.17) is 14.0 Å². The number of Topliss-reactive ketones (excluding diaryl/α,β-unsaturated/α-hetero) is 1. The predicted octanol–water partition coefficient (Wildman–Crippen LogP) is 2.77. The third-order valence-electron chi connectivity index (χ3n) is 2.62. The van der Waals surface area contributed by atoms with Crippen molar-refractivity contribution in [2.75, 3.05) is 7.11 Å². The van der Waals surface area contributed by atoms with E-state index in [2.05, 4.69) is 5.16 Å². The number of nitrogens with zero attached hydrogens (tertiary/aromatic N) is 1. The van der Waals surface area contributed by atoms with Crippen molar-refractivity contribution in [3.63, 3.8) is 0 Å². The molecule has 0 aliphatic rings. The molecule has 100 valence electrons. The first-order valence-corrected chi connectivity index (χ1v) is 5.84. The van der Waals surface area contributed by atoms with E-state index >= 15 is 0 Å². The molecule has 0 saturated carbocycles. The van der Waals surface area contributed by atoms with Crippen molar-refractivity contribution in [1.29, 1.82) is 0 Å². The molecule has 0 radical (unpaired) electrons. The van der Waals surface area contributed by atoms with Crippen LogP contribution in [0, 0.1) is 6.92 Å². The van der Waals surface area contributed by atoms with Gasteiger partial charge in [0, 0.05) is 12.1 Å². The Bertz CT molecular complexity index is 589. The number of aryl methyl sites for hydroxylation is 1. The normalized spacial score (nSPS) is 10.3. The van der Waals surface area contributed by atoms with Gasteiger partial charge in [0.15, 0.2) is 5.78 Å². The molecular formula is C14H15NO4. The van der Waals surface area contributed by atoms with Crippen LogP contribution in [0.3, 0.4) is 0 Å². The van der Waals surface area contributed by atoms with Crippen molar-refractivity contribution in [2.24, 2.45) is 0 Å². The van der Waals surface area contributed by atoms with Gasteiger partial charge in [-0.15, -0.1) is 0 Å². The third kappa shape index (κ3) is 3.13. The van der Waals surface area contributed by atoms with E-state index in [0.717, 1.165) is 5.76 Å². The molecule has 19 heavy (non-hydrogen) atoms. The maximum Gasteiger partial charge on any atom is 0.163 e. The van der Waals surface area contributed by atoms with Gasteiger partial charge in [-0.2, -0.15) is 0 Å². The highest BCUT2D eigenvalue weighted by atomic mass is 16.5. The number of carbonyl (C=O) groups excluding carboxylic acids is 1. The molecule has 0 unspecified atom stereocenters.